The van der Waals surface area contributed by atoms with E-state index in [0.29, 0.717) is 22.3 Å². The summed E-state index contributed by atoms with van der Waals surface area (Å²) in [5.41, 5.74) is 3.53. The van der Waals surface area contributed by atoms with E-state index in [9.17, 15) is 9.59 Å². The van der Waals surface area contributed by atoms with Crippen molar-refractivity contribution in [3.8, 4) is 0 Å². The van der Waals surface area contributed by atoms with Crippen molar-refractivity contribution in [3.05, 3.63) is 99.0 Å². The maximum atomic E-state index is 14.0. The van der Waals surface area contributed by atoms with Crippen molar-refractivity contribution in [1.29, 1.82) is 0 Å². The zero-order valence-electron chi connectivity index (χ0n) is 17.5. The number of nitrogens with one attached hydrogen (secondary N) is 2. The summed E-state index contributed by atoms with van der Waals surface area (Å²) < 4.78 is 0. The number of anilines is 1. The summed E-state index contributed by atoms with van der Waals surface area (Å²) in [5, 5.41) is 7.26. The summed E-state index contributed by atoms with van der Waals surface area (Å²) in [6.45, 7) is 2.39. The number of carbonyl (C=O) groups is 2. The molecule has 1 saturated heterocycles. The summed E-state index contributed by atoms with van der Waals surface area (Å²) in [7, 11) is 0. The van der Waals surface area contributed by atoms with Gasteiger partial charge in [0.25, 0.3) is 0 Å². The Morgan fingerprint density at radius 2 is 1.59 bits per heavy atom. The Labute approximate surface area is 196 Å². The van der Waals surface area contributed by atoms with Crippen LogP contribution in [0.2, 0.25) is 10.0 Å². The molecule has 3 aromatic rings. The van der Waals surface area contributed by atoms with Crippen LogP contribution >= 0.6 is 23.2 Å². The van der Waals surface area contributed by atoms with Gasteiger partial charge in [-0.15, -0.1) is 0 Å². The molecule has 2 amide bonds. The van der Waals surface area contributed by atoms with Crippen LogP contribution < -0.4 is 10.6 Å². The normalized spacial score (nSPS) is 24.6. The first kappa shape index (κ1) is 21.0. The molecule has 4 nitrogen and oxygen atoms in total. The van der Waals surface area contributed by atoms with E-state index in [1.807, 2.05) is 55.5 Å². The van der Waals surface area contributed by atoms with Crippen LogP contribution in [-0.2, 0) is 15.0 Å². The molecule has 0 aromatic heterocycles. The van der Waals surface area contributed by atoms with Crippen molar-refractivity contribution in [3.63, 3.8) is 0 Å². The Morgan fingerprint density at radius 1 is 0.875 bits per heavy atom. The number of halogens is 2. The molecule has 3 atom stereocenters. The molecule has 0 saturated carbocycles. The third-order valence-electron chi connectivity index (χ3n) is 6.74. The van der Waals surface area contributed by atoms with E-state index in [-0.39, 0.29) is 24.2 Å². The Bertz CT molecular complexity index is 1240. The molecule has 2 aliphatic rings. The highest BCUT2D eigenvalue weighted by molar-refractivity contribution is 6.31. The molecule has 0 bridgehead atoms. The molecule has 3 aromatic carbocycles. The van der Waals surface area contributed by atoms with Gasteiger partial charge >= 0.3 is 0 Å². The van der Waals surface area contributed by atoms with Gasteiger partial charge in [-0.3, -0.25) is 9.59 Å². The number of hydrogen-bond acceptors (Lipinski definition) is 2. The van der Waals surface area contributed by atoms with E-state index < -0.39 is 11.3 Å². The summed E-state index contributed by atoms with van der Waals surface area (Å²) in [5.74, 6) is -0.889. The second kappa shape index (κ2) is 7.95. The van der Waals surface area contributed by atoms with Crippen LogP contribution in [0.5, 0.6) is 0 Å². The molecule has 32 heavy (non-hydrogen) atoms. The van der Waals surface area contributed by atoms with Crippen LogP contribution in [0.3, 0.4) is 0 Å². The molecular weight excluding hydrogens is 443 g/mol. The molecule has 5 rings (SSSR count). The highest BCUT2D eigenvalue weighted by Gasteiger charge is 2.59. The smallest absolute Gasteiger partial charge is 0.236 e. The van der Waals surface area contributed by atoms with Crippen molar-refractivity contribution in [2.24, 2.45) is 0 Å². The van der Waals surface area contributed by atoms with E-state index in [1.54, 1.807) is 12.1 Å². The SMILES string of the molecule is Cc1cccc([C@H]2CNC(=O)CC(c3cccc(Cl)c3)C23C(=O)Nc2cc(Cl)ccc23)c1. The van der Waals surface area contributed by atoms with Gasteiger partial charge < -0.3 is 10.6 Å². The van der Waals surface area contributed by atoms with Gasteiger partial charge in [0.1, 0.15) is 0 Å². The van der Waals surface area contributed by atoms with Gasteiger partial charge in [-0.25, -0.2) is 0 Å². The fraction of sp³-hybridized carbons (Fsp3) is 0.231. The van der Waals surface area contributed by atoms with Crippen LogP contribution in [0.25, 0.3) is 0 Å². The first-order valence-electron chi connectivity index (χ1n) is 10.6. The van der Waals surface area contributed by atoms with Gasteiger partial charge in [-0.1, -0.05) is 71.2 Å². The number of carbonyl (C=O) groups excluding carboxylic acids is 2. The van der Waals surface area contributed by atoms with E-state index >= 15 is 0 Å². The molecule has 0 radical (unpaired) electrons. The maximum absolute atomic E-state index is 14.0. The van der Waals surface area contributed by atoms with E-state index in [1.165, 1.54) is 0 Å². The third-order valence-corrected chi connectivity index (χ3v) is 7.21. The Morgan fingerprint density at radius 3 is 2.34 bits per heavy atom. The lowest BCUT2D eigenvalue weighted by Crippen LogP contribution is -2.46. The molecule has 2 unspecified atom stereocenters. The van der Waals surface area contributed by atoms with Crippen LogP contribution in [0.1, 0.15) is 40.5 Å². The molecule has 6 heteroatoms. The van der Waals surface area contributed by atoms with Crippen molar-refractivity contribution in [2.45, 2.75) is 30.6 Å². The number of amides is 2. The van der Waals surface area contributed by atoms with Crippen LogP contribution in [0.15, 0.2) is 66.7 Å². The average molecular weight is 465 g/mol. The predicted octanol–water partition coefficient (Wildman–Crippen LogP) is 5.58. The average Bonchev–Trinajstić information content (AvgIpc) is 2.93. The fourth-order valence-electron chi connectivity index (χ4n) is 5.43. The second-order valence-corrected chi connectivity index (χ2v) is 9.47. The zero-order valence-corrected chi connectivity index (χ0v) is 19.0. The first-order chi connectivity index (χ1) is 15.4. The highest BCUT2D eigenvalue weighted by atomic mass is 35.5. The van der Waals surface area contributed by atoms with Gasteiger partial charge in [-0.05, 0) is 47.9 Å². The Kier molecular flexibility index (Phi) is 5.23. The number of hydrogen-bond donors (Lipinski definition) is 2. The topological polar surface area (TPSA) is 58.2 Å². The van der Waals surface area contributed by atoms with Gasteiger partial charge in [0.05, 0.1) is 5.41 Å². The van der Waals surface area contributed by atoms with Crippen molar-refractivity contribution < 1.29 is 9.59 Å². The third kappa shape index (κ3) is 3.30. The van der Waals surface area contributed by atoms with E-state index in [0.717, 1.165) is 22.3 Å². The summed E-state index contributed by atoms with van der Waals surface area (Å²) in [6, 6.07) is 21.2. The Balaban J connectivity index is 1.83. The molecule has 1 fully saturated rings. The fourth-order valence-corrected chi connectivity index (χ4v) is 5.80. The zero-order chi connectivity index (χ0) is 22.5. The Hall–Kier alpha value is -2.82. The predicted molar refractivity (Wildman–Crippen MR) is 127 cm³/mol. The lowest BCUT2D eigenvalue weighted by molar-refractivity contribution is -0.123. The van der Waals surface area contributed by atoms with Crippen LogP contribution in [0, 0.1) is 6.92 Å². The van der Waals surface area contributed by atoms with E-state index in [2.05, 4.69) is 16.7 Å². The van der Waals surface area contributed by atoms with Gasteiger partial charge in [0.2, 0.25) is 11.8 Å². The second-order valence-electron chi connectivity index (χ2n) is 8.60. The van der Waals surface area contributed by atoms with Gasteiger partial charge in [-0.2, -0.15) is 0 Å². The standard InChI is InChI=1S/C26H22Cl2N2O2/c1-15-4-2-5-16(10-15)22-14-29-24(31)13-21(17-6-3-7-18(27)11-17)26(22)20-9-8-19(28)12-23(20)30-25(26)32/h2-12,21-22H,13-14H2,1H3,(H,29,31)(H,30,32)/t21?,22-,26?/m1/s1. The van der Waals surface area contributed by atoms with Crippen molar-refractivity contribution in [1.82, 2.24) is 5.32 Å². The maximum Gasteiger partial charge on any atom is 0.236 e. The molecule has 2 heterocycles. The van der Waals surface area contributed by atoms with E-state index in [4.69, 9.17) is 23.2 Å². The van der Waals surface area contributed by atoms with Crippen molar-refractivity contribution >= 4 is 40.7 Å². The molecular formula is C26H22Cl2N2O2. The monoisotopic (exact) mass is 464 g/mol. The largest absolute Gasteiger partial charge is 0.355 e. The van der Waals surface area contributed by atoms with Gasteiger partial charge in [0.15, 0.2) is 0 Å². The lowest BCUT2D eigenvalue weighted by Gasteiger charge is -2.41. The molecule has 0 aliphatic carbocycles. The molecule has 162 valence electrons. The number of aryl methyl sites for hydroxylation is 1. The molecule has 2 N–H and O–H groups in total. The van der Waals surface area contributed by atoms with Crippen molar-refractivity contribution in [2.75, 3.05) is 11.9 Å². The summed E-state index contributed by atoms with van der Waals surface area (Å²) in [4.78, 5) is 26.9. The van der Waals surface area contributed by atoms with Crippen LogP contribution in [0.4, 0.5) is 5.69 Å². The summed E-state index contributed by atoms with van der Waals surface area (Å²) in [6.07, 6.45) is 0.179. The quantitative estimate of drug-likeness (QED) is 0.519. The van der Waals surface area contributed by atoms with Gasteiger partial charge in [0, 0.05) is 40.5 Å². The lowest BCUT2D eigenvalue weighted by atomic mass is 9.59. The number of fused-ring (bicyclic) bond motifs is 2. The highest BCUT2D eigenvalue weighted by Crippen LogP contribution is 2.57. The molecule has 2 aliphatic heterocycles. The minimum atomic E-state index is -1.00. The summed E-state index contributed by atoms with van der Waals surface area (Å²) >= 11 is 12.6. The first-order valence-corrected chi connectivity index (χ1v) is 11.4. The number of rotatable bonds is 2. The number of benzene rings is 3. The minimum absolute atomic E-state index is 0.0836. The minimum Gasteiger partial charge on any atom is -0.355 e. The molecule has 1 spiro atoms. The van der Waals surface area contributed by atoms with Crippen LogP contribution in [-0.4, -0.2) is 18.4 Å².